The summed E-state index contributed by atoms with van der Waals surface area (Å²) in [7, 11) is 1.64. The van der Waals surface area contributed by atoms with Crippen molar-refractivity contribution in [2.24, 2.45) is 0 Å². The number of carbonyl (C=O) groups excluding carboxylic acids is 1. The van der Waals surface area contributed by atoms with Crippen LogP contribution in [0.15, 0.2) is 66.7 Å². The number of ether oxygens (including phenoxy) is 1. The minimum Gasteiger partial charge on any atom is -0.497 e. The van der Waals surface area contributed by atoms with Crippen LogP contribution in [-0.4, -0.2) is 28.9 Å². The summed E-state index contributed by atoms with van der Waals surface area (Å²) < 4.78 is 5.01. The van der Waals surface area contributed by atoms with Gasteiger partial charge in [-0.2, -0.15) is 0 Å². The van der Waals surface area contributed by atoms with Gasteiger partial charge in [0.1, 0.15) is 12.4 Å². The molecule has 28 heavy (non-hydrogen) atoms. The normalized spacial score (nSPS) is 17.2. The molecule has 1 aliphatic rings. The molecule has 2 aromatic carbocycles. The van der Waals surface area contributed by atoms with E-state index in [2.05, 4.69) is 32.6 Å². The highest BCUT2D eigenvalue weighted by Gasteiger charge is 2.44. The second kappa shape index (κ2) is 8.84. The van der Waals surface area contributed by atoms with Crippen molar-refractivity contribution in [2.75, 3.05) is 7.11 Å². The summed E-state index contributed by atoms with van der Waals surface area (Å²) in [5.41, 5.74) is 2.86. The van der Waals surface area contributed by atoms with E-state index >= 15 is 0 Å². The molecule has 4 nitrogen and oxygen atoms in total. The van der Waals surface area contributed by atoms with Gasteiger partial charge in [0.05, 0.1) is 13.2 Å². The first kappa shape index (κ1) is 20.5. The van der Waals surface area contributed by atoms with Crippen molar-refractivity contribution in [3.05, 3.63) is 77.9 Å². The molecule has 1 atom stereocenters. The summed E-state index contributed by atoms with van der Waals surface area (Å²) in [5, 5.41) is 1.53. The van der Waals surface area contributed by atoms with Gasteiger partial charge in [-0.05, 0) is 37.1 Å². The first-order valence-electron chi connectivity index (χ1n) is 9.36. The molecule has 0 bridgehead atoms. The molecular formula is C23H27NO3S. The Morgan fingerprint density at radius 3 is 2.43 bits per heavy atom. The lowest BCUT2D eigenvalue weighted by atomic mass is 10.0. The number of amides is 1. The first-order valence-corrected chi connectivity index (χ1v) is 10.3. The number of thioether (sulfide) groups is 1. The number of carbonyl (C=O) groups is 1. The SMILES string of the molecule is C=C1CC(C(C)(C)SCc2ccccc2)N(OCc2ccc(OC)cc2)C1=O. The average molecular weight is 398 g/mol. The molecule has 0 spiro atoms. The van der Waals surface area contributed by atoms with Crippen LogP contribution in [0, 0.1) is 0 Å². The highest BCUT2D eigenvalue weighted by molar-refractivity contribution is 7.99. The fraction of sp³-hybridized carbons (Fsp3) is 0.348. The predicted molar refractivity (Wildman–Crippen MR) is 114 cm³/mol. The third-order valence-corrected chi connectivity index (χ3v) is 6.50. The van der Waals surface area contributed by atoms with Crippen molar-refractivity contribution in [3.8, 4) is 5.75 Å². The molecule has 2 aromatic rings. The number of rotatable bonds is 8. The molecule has 0 aromatic heterocycles. The van der Waals surface area contributed by atoms with E-state index in [9.17, 15) is 4.79 Å². The summed E-state index contributed by atoms with van der Waals surface area (Å²) in [6, 6.07) is 18.0. The number of hydrogen-bond donors (Lipinski definition) is 0. The molecule has 1 fully saturated rings. The smallest absolute Gasteiger partial charge is 0.273 e. The van der Waals surface area contributed by atoms with Crippen molar-refractivity contribution in [1.82, 2.24) is 5.06 Å². The van der Waals surface area contributed by atoms with Gasteiger partial charge < -0.3 is 4.74 Å². The molecule has 5 heteroatoms. The van der Waals surface area contributed by atoms with E-state index in [-0.39, 0.29) is 16.7 Å². The van der Waals surface area contributed by atoms with E-state index in [1.54, 1.807) is 7.11 Å². The van der Waals surface area contributed by atoms with Crippen LogP contribution in [0.4, 0.5) is 0 Å². The van der Waals surface area contributed by atoms with Gasteiger partial charge in [-0.3, -0.25) is 9.63 Å². The molecule has 1 saturated heterocycles. The Morgan fingerprint density at radius 1 is 1.11 bits per heavy atom. The monoisotopic (exact) mass is 397 g/mol. The molecule has 3 rings (SSSR count). The fourth-order valence-corrected chi connectivity index (χ4v) is 4.29. The van der Waals surface area contributed by atoms with Crippen LogP contribution in [-0.2, 0) is 22.0 Å². The van der Waals surface area contributed by atoms with E-state index in [0.717, 1.165) is 17.1 Å². The zero-order chi connectivity index (χ0) is 20.1. The summed E-state index contributed by atoms with van der Waals surface area (Å²) in [5.74, 6) is 1.56. The highest BCUT2D eigenvalue weighted by Crippen LogP contribution is 2.40. The number of benzene rings is 2. The largest absolute Gasteiger partial charge is 0.497 e. The maximum Gasteiger partial charge on any atom is 0.273 e. The lowest BCUT2D eigenvalue weighted by Gasteiger charge is -2.36. The third kappa shape index (κ3) is 4.78. The predicted octanol–water partition coefficient (Wildman–Crippen LogP) is 5.00. The molecule has 0 aliphatic carbocycles. The Morgan fingerprint density at radius 2 is 1.79 bits per heavy atom. The molecule has 0 radical (unpaired) electrons. The van der Waals surface area contributed by atoms with Gasteiger partial charge in [-0.25, -0.2) is 5.06 Å². The molecule has 1 heterocycles. The number of hydroxylamine groups is 2. The summed E-state index contributed by atoms with van der Waals surface area (Å²) in [6.07, 6.45) is 0.621. The van der Waals surface area contributed by atoms with Gasteiger partial charge in [0.15, 0.2) is 0 Å². The molecule has 1 unspecified atom stereocenters. The second-order valence-corrected chi connectivity index (χ2v) is 9.08. The van der Waals surface area contributed by atoms with Gasteiger partial charge in [-0.1, -0.05) is 49.0 Å². The Hall–Kier alpha value is -2.24. The summed E-state index contributed by atoms with van der Waals surface area (Å²) >= 11 is 1.83. The Labute approximate surface area is 171 Å². The molecule has 148 valence electrons. The standard InChI is InChI=1S/C23H27NO3S/c1-17-14-21(23(2,3)28-16-19-8-6-5-7-9-19)24(22(17)25)27-15-18-10-12-20(26-4)13-11-18/h5-13,21H,1,14-16H2,2-4H3. The van der Waals surface area contributed by atoms with E-state index in [1.807, 2.05) is 54.2 Å². The van der Waals surface area contributed by atoms with Crippen molar-refractivity contribution in [3.63, 3.8) is 0 Å². The van der Waals surface area contributed by atoms with Gasteiger partial charge in [0, 0.05) is 22.5 Å². The van der Waals surface area contributed by atoms with Crippen LogP contribution in [0.2, 0.25) is 0 Å². The van der Waals surface area contributed by atoms with Crippen LogP contribution in [0.5, 0.6) is 5.75 Å². The molecule has 1 amide bonds. The van der Waals surface area contributed by atoms with Crippen LogP contribution < -0.4 is 4.74 Å². The van der Waals surface area contributed by atoms with E-state index in [4.69, 9.17) is 9.57 Å². The number of nitrogens with zero attached hydrogens (tertiary/aromatic N) is 1. The summed E-state index contributed by atoms with van der Waals surface area (Å²) in [4.78, 5) is 18.6. The minimum absolute atomic E-state index is 0.0561. The van der Waals surface area contributed by atoms with Crippen molar-refractivity contribution < 1.29 is 14.4 Å². The zero-order valence-electron chi connectivity index (χ0n) is 16.7. The first-order chi connectivity index (χ1) is 13.4. The van der Waals surface area contributed by atoms with Gasteiger partial charge >= 0.3 is 0 Å². The summed E-state index contributed by atoms with van der Waals surface area (Å²) in [6.45, 7) is 8.62. The van der Waals surface area contributed by atoms with Crippen molar-refractivity contribution in [1.29, 1.82) is 0 Å². The fourth-order valence-electron chi connectivity index (χ4n) is 3.18. The van der Waals surface area contributed by atoms with Crippen molar-refractivity contribution in [2.45, 2.75) is 43.4 Å². The quantitative estimate of drug-likeness (QED) is 0.588. The van der Waals surface area contributed by atoms with Crippen LogP contribution in [0.3, 0.4) is 0 Å². The Balaban J connectivity index is 1.67. The van der Waals surface area contributed by atoms with Gasteiger partial charge in [-0.15, -0.1) is 11.8 Å². The zero-order valence-corrected chi connectivity index (χ0v) is 17.5. The number of methoxy groups -OCH3 is 1. The topological polar surface area (TPSA) is 38.8 Å². The minimum atomic E-state index is -0.176. The number of hydrogen-bond acceptors (Lipinski definition) is 4. The van der Waals surface area contributed by atoms with E-state index in [0.29, 0.717) is 18.6 Å². The van der Waals surface area contributed by atoms with E-state index in [1.165, 1.54) is 10.6 Å². The third-order valence-electron chi connectivity index (χ3n) is 5.01. The maximum atomic E-state index is 12.6. The lowest BCUT2D eigenvalue weighted by molar-refractivity contribution is -0.196. The van der Waals surface area contributed by atoms with E-state index < -0.39 is 0 Å². The highest BCUT2D eigenvalue weighted by atomic mass is 32.2. The van der Waals surface area contributed by atoms with Crippen molar-refractivity contribution >= 4 is 17.7 Å². The van der Waals surface area contributed by atoms with Crippen LogP contribution in [0.25, 0.3) is 0 Å². The van der Waals surface area contributed by atoms with Crippen LogP contribution in [0.1, 0.15) is 31.4 Å². The van der Waals surface area contributed by atoms with Crippen LogP contribution >= 0.6 is 11.8 Å². The maximum absolute atomic E-state index is 12.6. The Kier molecular flexibility index (Phi) is 6.47. The molecule has 1 aliphatic heterocycles. The average Bonchev–Trinajstić information content (AvgIpc) is 3.01. The molecule has 0 saturated carbocycles. The van der Waals surface area contributed by atoms with Gasteiger partial charge in [0.25, 0.3) is 5.91 Å². The molecular weight excluding hydrogens is 370 g/mol. The second-order valence-electron chi connectivity index (χ2n) is 7.45. The molecule has 0 N–H and O–H groups in total. The van der Waals surface area contributed by atoms with Gasteiger partial charge in [0.2, 0.25) is 0 Å². The lowest BCUT2D eigenvalue weighted by Crippen LogP contribution is -2.45. The Bertz CT molecular complexity index is 818.